The molecule has 186 valence electrons. The number of rotatable bonds is 9. The first-order valence-corrected chi connectivity index (χ1v) is 11.9. The van der Waals surface area contributed by atoms with Crippen molar-refractivity contribution in [1.29, 1.82) is 0 Å². The summed E-state index contributed by atoms with van der Waals surface area (Å²) in [4.78, 5) is 35.2. The first-order valence-electron chi connectivity index (χ1n) is 11.9. The molecule has 1 aliphatic rings. The first-order chi connectivity index (χ1) is 16.5. The smallest absolute Gasteiger partial charge is 0.313 e. The number of esters is 1. The highest BCUT2D eigenvalue weighted by Crippen LogP contribution is 2.30. The van der Waals surface area contributed by atoms with Gasteiger partial charge in [0.25, 0.3) is 5.91 Å². The number of ether oxygens (including phenoxy) is 1. The van der Waals surface area contributed by atoms with Gasteiger partial charge < -0.3 is 9.64 Å². The predicted octanol–water partition coefficient (Wildman–Crippen LogP) is 5.97. The third kappa shape index (κ3) is 7.74. The van der Waals surface area contributed by atoms with Crippen molar-refractivity contribution >= 4 is 30.1 Å². The molecule has 0 radical (unpaired) electrons. The van der Waals surface area contributed by atoms with Crippen molar-refractivity contribution in [1.82, 2.24) is 0 Å². The minimum atomic E-state index is -0.536. The van der Waals surface area contributed by atoms with E-state index in [2.05, 4.69) is 23.1 Å². The van der Waals surface area contributed by atoms with Crippen LogP contribution in [0.5, 0.6) is 0 Å². The molecule has 35 heavy (non-hydrogen) atoms. The summed E-state index contributed by atoms with van der Waals surface area (Å²) in [6.45, 7) is 20.5. The van der Waals surface area contributed by atoms with E-state index in [0.29, 0.717) is 25.1 Å². The Kier molecular flexibility index (Phi) is 9.69. The molecular weight excluding hydrogens is 438 g/mol. The van der Waals surface area contributed by atoms with E-state index in [1.807, 2.05) is 78.0 Å². The summed E-state index contributed by atoms with van der Waals surface area (Å²) in [6, 6.07) is 7.45. The zero-order valence-electron chi connectivity index (χ0n) is 21.8. The Bertz CT molecular complexity index is 1080. The van der Waals surface area contributed by atoms with Crippen molar-refractivity contribution in [3.63, 3.8) is 0 Å². The zero-order valence-corrected chi connectivity index (χ0v) is 21.8. The van der Waals surface area contributed by atoms with Gasteiger partial charge in [0.1, 0.15) is 11.9 Å². The number of allylic oxidation sites excluding steroid dienone is 4. The lowest BCUT2D eigenvalue weighted by Crippen LogP contribution is -2.27. The van der Waals surface area contributed by atoms with E-state index in [1.165, 1.54) is 6.34 Å². The molecule has 6 heteroatoms. The van der Waals surface area contributed by atoms with Crippen LogP contribution in [0.2, 0.25) is 0 Å². The maximum atomic E-state index is 12.9. The average Bonchev–Trinajstić information content (AvgIpc) is 3.09. The Hall–Kier alpha value is -3.54. The number of aliphatic imine (C=N–C) groups is 2. The quantitative estimate of drug-likeness (QED) is 0.145. The van der Waals surface area contributed by atoms with E-state index in [9.17, 15) is 9.59 Å². The van der Waals surface area contributed by atoms with Crippen LogP contribution in [0, 0.1) is 0 Å². The summed E-state index contributed by atoms with van der Waals surface area (Å²) >= 11 is 0. The van der Waals surface area contributed by atoms with Crippen LogP contribution in [-0.2, 0) is 14.3 Å². The molecule has 1 heterocycles. The summed E-state index contributed by atoms with van der Waals surface area (Å²) in [7, 11) is 0. The van der Waals surface area contributed by atoms with Gasteiger partial charge in [0.15, 0.2) is 0 Å². The Labute approximate surface area is 209 Å². The standard InChI is InChI=1S/C29H37N3O3/c1-9-23(20(3)17-31-19-30-10-2)11-12-25-18-32(27(33)21(25)4)26-15-13-24(14-16-26)22(5)28(34)35-29(6,7)8/h9,12-17,19,22H,3-4,10-11,18H2,1-2,5-8H3/b23-9+,25-12-,30-19?,31-17?. The molecule has 1 saturated heterocycles. The van der Waals surface area contributed by atoms with Gasteiger partial charge in [-0.25, -0.2) is 4.99 Å². The molecule has 1 aliphatic heterocycles. The highest BCUT2D eigenvalue weighted by atomic mass is 16.6. The molecular formula is C29H37N3O3. The van der Waals surface area contributed by atoms with Gasteiger partial charge in [0.2, 0.25) is 0 Å². The number of carbonyl (C=O) groups excluding carboxylic acids is 2. The molecule has 1 unspecified atom stereocenters. The minimum absolute atomic E-state index is 0.123. The third-order valence-electron chi connectivity index (χ3n) is 5.58. The minimum Gasteiger partial charge on any atom is -0.460 e. The van der Waals surface area contributed by atoms with E-state index < -0.39 is 11.5 Å². The maximum Gasteiger partial charge on any atom is 0.313 e. The molecule has 0 N–H and O–H groups in total. The van der Waals surface area contributed by atoms with E-state index in [-0.39, 0.29) is 11.9 Å². The number of anilines is 1. The van der Waals surface area contributed by atoms with Crippen LogP contribution < -0.4 is 4.90 Å². The third-order valence-corrected chi connectivity index (χ3v) is 5.58. The van der Waals surface area contributed by atoms with E-state index >= 15 is 0 Å². The van der Waals surface area contributed by atoms with Gasteiger partial charge >= 0.3 is 5.97 Å². The highest BCUT2D eigenvalue weighted by Gasteiger charge is 2.30. The van der Waals surface area contributed by atoms with Crippen LogP contribution >= 0.6 is 0 Å². The number of carbonyl (C=O) groups is 2. The average molecular weight is 476 g/mol. The van der Waals surface area contributed by atoms with E-state index in [1.54, 1.807) is 11.1 Å². The van der Waals surface area contributed by atoms with Gasteiger partial charge in [-0.05, 0) is 82.4 Å². The largest absolute Gasteiger partial charge is 0.460 e. The van der Waals surface area contributed by atoms with Crippen molar-refractivity contribution in [2.45, 2.75) is 59.5 Å². The van der Waals surface area contributed by atoms with Crippen LogP contribution in [-0.4, -0.2) is 43.1 Å². The fourth-order valence-electron chi connectivity index (χ4n) is 3.51. The summed E-state index contributed by atoms with van der Waals surface area (Å²) in [6.07, 6.45) is 7.84. The Morgan fingerprint density at radius 2 is 1.91 bits per heavy atom. The lowest BCUT2D eigenvalue weighted by Gasteiger charge is -2.23. The number of hydrogen-bond acceptors (Lipinski definition) is 4. The van der Waals surface area contributed by atoms with Gasteiger partial charge in [-0.3, -0.25) is 14.6 Å². The molecule has 1 amide bonds. The van der Waals surface area contributed by atoms with Crippen molar-refractivity contribution in [2.24, 2.45) is 9.98 Å². The van der Waals surface area contributed by atoms with Gasteiger partial charge in [0, 0.05) is 24.0 Å². The van der Waals surface area contributed by atoms with Crippen LogP contribution in [0.15, 0.2) is 81.9 Å². The summed E-state index contributed by atoms with van der Waals surface area (Å²) in [5.41, 5.74) is 4.26. The molecule has 0 aliphatic carbocycles. The number of nitrogens with zero attached hydrogens (tertiary/aromatic N) is 3. The number of amides is 1. The van der Waals surface area contributed by atoms with Crippen LogP contribution in [0.4, 0.5) is 5.69 Å². The Balaban J connectivity index is 2.10. The molecule has 0 bridgehead atoms. The lowest BCUT2D eigenvalue weighted by atomic mass is 10.0. The molecule has 0 spiro atoms. The van der Waals surface area contributed by atoms with Gasteiger partial charge in [0.05, 0.1) is 12.5 Å². The summed E-state index contributed by atoms with van der Waals surface area (Å²) in [5, 5.41) is 0. The molecule has 1 fully saturated rings. The zero-order chi connectivity index (χ0) is 26.2. The fraction of sp³-hybridized carbons (Fsp3) is 0.379. The van der Waals surface area contributed by atoms with Gasteiger partial charge in [-0.15, -0.1) is 0 Å². The fourth-order valence-corrected chi connectivity index (χ4v) is 3.51. The monoisotopic (exact) mass is 475 g/mol. The van der Waals surface area contributed by atoms with Crippen LogP contribution in [0.25, 0.3) is 0 Å². The van der Waals surface area contributed by atoms with Crippen molar-refractivity contribution in [3.8, 4) is 0 Å². The lowest BCUT2D eigenvalue weighted by molar-refractivity contribution is -0.156. The van der Waals surface area contributed by atoms with Crippen molar-refractivity contribution < 1.29 is 14.3 Å². The Morgan fingerprint density at radius 1 is 1.26 bits per heavy atom. The molecule has 0 aromatic heterocycles. The van der Waals surface area contributed by atoms with E-state index in [4.69, 9.17) is 4.74 Å². The van der Waals surface area contributed by atoms with Crippen molar-refractivity contribution in [2.75, 3.05) is 18.0 Å². The first kappa shape index (κ1) is 27.7. The van der Waals surface area contributed by atoms with E-state index in [0.717, 1.165) is 28.0 Å². The number of benzene rings is 1. The second-order valence-corrected chi connectivity index (χ2v) is 9.38. The second kappa shape index (κ2) is 12.2. The molecule has 0 saturated carbocycles. The Morgan fingerprint density at radius 3 is 2.49 bits per heavy atom. The molecule has 1 aromatic carbocycles. The predicted molar refractivity (Wildman–Crippen MR) is 145 cm³/mol. The van der Waals surface area contributed by atoms with Crippen LogP contribution in [0.3, 0.4) is 0 Å². The normalized spacial score (nSPS) is 17.1. The van der Waals surface area contributed by atoms with Crippen molar-refractivity contribution in [3.05, 3.63) is 77.4 Å². The molecule has 2 rings (SSSR count). The molecule has 6 nitrogen and oxygen atoms in total. The maximum absolute atomic E-state index is 12.9. The highest BCUT2D eigenvalue weighted by molar-refractivity contribution is 6.12. The SMILES string of the molecule is C=C(C=NC=NCC)/C(=C/C)C/C=C1/CN(c2ccc(C(C)C(=O)OC(C)(C)C)cc2)C(=O)C1=C. The molecule has 1 atom stereocenters. The summed E-state index contributed by atoms with van der Waals surface area (Å²) < 4.78 is 5.49. The van der Waals surface area contributed by atoms with Gasteiger partial charge in [-0.2, -0.15) is 0 Å². The second-order valence-electron chi connectivity index (χ2n) is 9.38. The number of hydrogen-bond donors (Lipinski definition) is 0. The topological polar surface area (TPSA) is 71.3 Å². The van der Waals surface area contributed by atoms with Crippen LogP contribution in [0.1, 0.15) is 59.4 Å². The molecule has 1 aromatic rings. The van der Waals surface area contributed by atoms with Gasteiger partial charge in [-0.1, -0.05) is 37.4 Å². The summed E-state index contributed by atoms with van der Waals surface area (Å²) in [5.74, 6) is -0.792.